The van der Waals surface area contributed by atoms with Crippen LogP contribution in [0.4, 0.5) is 0 Å². The summed E-state index contributed by atoms with van der Waals surface area (Å²) in [6.07, 6.45) is 0. The van der Waals surface area contributed by atoms with Crippen molar-refractivity contribution in [1.82, 2.24) is 10.3 Å². The van der Waals surface area contributed by atoms with Gasteiger partial charge in [-0.1, -0.05) is 12.2 Å². The molecule has 0 aromatic carbocycles. The molecule has 0 atom stereocenters. The molecule has 0 aliphatic carbocycles. The van der Waals surface area contributed by atoms with E-state index in [2.05, 4.69) is 22.5 Å². The topological polar surface area (TPSA) is 68.0 Å². The van der Waals surface area contributed by atoms with Gasteiger partial charge in [-0.25, -0.2) is 4.98 Å². The highest BCUT2D eigenvalue weighted by Gasteiger charge is 2.12. The van der Waals surface area contributed by atoms with Gasteiger partial charge in [0.05, 0.1) is 22.2 Å². The maximum absolute atomic E-state index is 11.5. The van der Waals surface area contributed by atoms with Crippen molar-refractivity contribution >= 4 is 34.5 Å². The summed E-state index contributed by atoms with van der Waals surface area (Å²) in [5.74, 6) is -0.166. The fourth-order valence-electron chi connectivity index (χ4n) is 0.990. The standard InChI is InChI=1S/C8H11N3OS2/c1-4-7(14-5(2)11-4)8(12)10-3-6(9)13/h3H2,1-2H3,(H2,9,13)(H,10,12). The molecule has 1 rings (SSSR count). The first-order valence-corrected chi connectivity index (χ1v) is 5.23. The minimum absolute atomic E-state index is 0.166. The van der Waals surface area contributed by atoms with Crippen LogP contribution in [-0.2, 0) is 0 Å². The number of amides is 1. The average Bonchev–Trinajstić information content (AvgIpc) is 2.41. The number of nitrogens with zero attached hydrogens (tertiary/aromatic N) is 1. The summed E-state index contributed by atoms with van der Waals surface area (Å²) in [5, 5.41) is 3.50. The number of thiocarbonyl (C=S) groups is 1. The maximum Gasteiger partial charge on any atom is 0.263 e. The Labute approximate surface area is 91.5 Å². The van der Waals surface area contributed by atoms with Crippen molar-refractivity contribution in [2.24, 2.45) is 5.73 Å². The van der Waals surface area contributed by atoms with Crippen molar-refractivity contribution < 1.29 is 4.79 Å². The van der Waals surface area contributed by atoms with Gasteiger partial charge >= 0.3 is 0 Å². The van der Waals surface area contributed by atoms with E-state index in [0.717, 1.165) is 10.7 Å². The van der Waals surface area contributed by atoms with Gasteiger partial charge in [-0.3, -0.25) is 4.79 Å². The van der Waals surface area contributed by atoms with Crippen LogP contribution in [0.3, 0.4) is 0 Å². The Morgan fingerprint density at radius 1 is 1.64 bits per heavy atom. The van der Waals surface area contributed by atoms with Gasteiger partial charge in [0.25, 0.3) is 5.91 Å². The summed E-state index contributed by atoms with van der Waals surface area (Å²) in [5.41, 5.74) is 6.01. The molecule has 0 saturated carbocycles. The number of hydrogen-bond acceptors (Lipinski definition) is 4. The number of hydrogen-bond donors (Lipinski definition) is 2. The molecular formula is C8H11N3OS2. The summed E-state index contributed by atoms with van der Waals surface area (Å²) in [4.78, 5) is 16.6. The Kier molecular flexibility index (Phi) is 3.54. The first-order chi connectivity index (χ1) is 6.50. The summed E-state index contributed by atoms with van der Waals surface area (Å²) < 4.78 is 0. The first-order valence-electron chi connectivity index (χ1n) is 4.01. The Bertz CT molecular complexity index is 373. The van der Waals surface area contributed by atoms with E-state index in [9.17, 15) is 4.79 Å². The molecule has 0 saturated heterocycles. The van der Waals surface area contributed by atoms with Crippen LogP contribution in [0.1, 0.15) is 20.4 Å². The number of aryl methyl sites for hydroxylation is 2. The molecule has 0 radical (unpaired) electrons. The van der Waals surface area contributed by atoms with E-state index in [1.54, 1.807) is 6.92 Å². The Morgan fingerprint density at radius 3 is 2.71 bits per heavy atom. The number of carbonyl (C=O) groups is 1. The normalized spacial score (nSPS) is 9.86. The number of thiazole rings is 1. The van der Waals surface area contributed by atoms with E-state index in [1.165, 1.54) is 11.3 Å². The lowest BCUT2D eigenvalue weighted by Gasteiger charge is -2.01. The molecular weight excluding hydrogens is 218 g/mol. The van der Waals surface area contributed by atoms with Gasteiger partial charge in [-0.2, -0.15) is 0 Å². The predicted octanol–water partition coefficient (Wildman–Crippen LogP) is 0.776. The van der Waals surface area contributed by atoms with Gasteiger partial charge in [-0.05, 0) is 13.8 Å². The average molecular weight is 229 g/mol. The van der Waals surface area contributed by atoms with Crippen LogP contribution in [0, 0.1) is 13.8 Å². The van der Waals surface area contributed by atoms with Gasteiger partial charge in [0.2, 0.25) is 0 Å². The SMILES string of the molecule is Cc1nc(C)c(C(=O)NCC(N)=S)s1. The molecule has 14 heavy (non-hydrogen) atoms. The van der Waals surface area contributed by atoms with Crippen LogP contribution < -0.4 is 11.1 Å². The van der Waals surface area contributed by atoms with Crippen molar-refractivity contribution in [3.8, 4) is 0 Å². The Balaban J connectivity index is 2.69. The highest BCUT2D eigenvalue weighted by atomic mass is 32.1. The third-order valence-corrected chi connectivity index (χ3v) is 2.75. The molecule has 0 aliphatic heterocycles. The minimum atomic E-state index is -0.166. The van der Waals surface area contributed by atoms with Crippen molar-refractivity contribution in [3.05, 3.63) is 15.6 Å². The van der Waals surface area contributed by atoms with Crippen molar-refractivity contribution in [3.63, 3.8) is 0 Å². The first kappa shape index (κ1) is 11.1. The van der Waals surface area contributed by atoms with Crippen LogP contribution in [-0.4, -0.2) is 22.4 Å². The monoisotopic (exact) mass is 229 g/mol. The molecule has 0 spiro atoms. The second-order valence-corrected chi connectivity index (χ2v) is 4.52. The van der Waals surface area contributed by atoms with E-state index in [4.69, 9.17) is 5.73 Å². The van der Waals surface area contributed by atoms with Crippen LogP contribution in [0.5, 0.6) is 0 Å². The molecule has 0 bridgehead atoms. The van der Waals surface area contributed by atoms with Gasteiger partial charge in [0.15, 0.2) is 0 Å². The molecule has 76 valence electrons. The third kappa shape index (κ3) is 2.74. The Morgan fingerprint density at radius 2 is 2.29 bits per heavy atom. The smallest absolute Gasteiger partial charge is 0.263 e. The molecule has 6 heteroatoms. The molecule has 1 aromatic rings. The van der Waals surface area contributed by atoms with Gasteiger partial charge < -0.3 is 11.1 Å². The number of nitrogens with two attached hydrogens (primary N) is 1. The molecule has 0 unspecified atom stereocenters. The summed E-state index contributed by atoms with van der Waals surface area (Å²) in [7, 11) is 0. The van der Waals surface area contributed by atoms with Crippen LogP contribution in [0.15, 0.2) is 0 Å². The number of rotatable bonds is 3. The van der Waals surface area contributed by atoms with Crippen molar-refractivity contribution in [2.75, 3.05) is 6.54 Å². The molecule has 0 aliphatic rings. The van der Waals surface area contributed by atoms with Crippen LogP contribution in [0.25, 0.3) is 0 Å². The maximum atomic E-state index is 11.5. The number of aromatic nitrogens is 1. The van der Waals surface area contributed by atoms with Gasteiger partial charge in [-0.15, -0.1) is 11.3 Å². The Hall–Kier alpha value is -1.01. The van der Waals surface area contributed by atoms with Crippen LogP contribution in [0.2, 0.25) is 0 Å². The molecule has 1 heterocycles. The lowest BCUT2D eigenvalue weighted by Crippen LogP contribution is -2.32. The fourth-order valence-corrected chi connectivity index (χ4v) is 1.90. The summed E-state index contributed by atoms with van der Waals surface area (Å²) >= 11 is 6.02. The minimum Gasteiger partial charge on any atom is -0.392 e. The molecule has 1 aromatic heterocycles. The second-order valence-electron chi connectivity index (χ2n) is 2.80. The highest BCUT2D eigenvalue weighted by Crippen LogP contribution is 2.16. The molecule has 1 amide bonds. The van der Waals surface area contributed by atoms with Crippen molar-refractivity contribution in [2.45, 2.75) is 13.8 Å². The molecule has 0 fully saturated rings. The second kappa shape index (κ2) is 4.47. The molecule has 4 nitrogen and oxygen atoms in total. The zero-order valence-electron chi connectivity index (χ0n) is 7.96. The van der Waals surface area contributed by atoms with E-state index in [0.29, 0.717) is 4.88 Å². The lowest BCUT2D eigenvalue weighted by atomic mass is 10.4. The third-order valence-electron chi connectivity index (χ3n) is 1.53. The zero-order valence-corrected chi connectivity index (χ0v) is 9.59. The van der Waals surface area contributed by atoms with Crippen molar-refractivity contribution in [1.29, 1.82) is 0 Å². The van der Waals surface area contributed by atoms with Crippen LogP contribution >= 0.6 is 23.6 Å². The largest absolute Gasteiger partial charge is 0.392 e. The predicted molar refractivity (Wildman–Crippen MR) is 60.7 cm³/mol. The van der Waals surface area contributed by atoms with E-state index >= 15 is 0 Å². The number of nitrogens with one attached hydrogen (secondary N) is 1. The number of carbonyl (C=O) groups excluding carboxylic acids is 1. The van der Waals surface area contributed by atoms with E-state index in [1.807, 2.05) is 6.92 Å². The molecule has 3 N–H and O–H groups in total. The summed E-state index contributed by atoms with van der Waals surface area (Å²) in [6.45, 7) is 3.89. The van der Waals surface area contributed by atoms with Gasteiger partial charge in [0, 0.05) is 0 Å². The van der Waals surface area contributed by atoms with Gasteiger partial charge in [0.1, 0.15) is 4.88 Å². The lowest BCUT2D eigenvalue weighted by molar-refractivity contribution is 0.0962. The summed E-state index contributed by atoms with van der Waals surface area (Å²) in [6, 6.07) is 0. The zero-order chi connectivity index (χ0) is 10.7. The highest BCUT2D eigenvalue weighted by molar-refractivity contribution is 7.80. The van der Waals surface area contributed by atoms with E-state index in [-0.39, 0.29) is 17.4 Å². The quantitative estimate of drug-likeness (QED) is 0.751. The fraction of sp³-hybridized carbons (Fsp3) is 0.375. The van der Waals surface area contributed by atoms with E-state index < -0.39 is 0 Å².